The van der Waals surface area contributed by atoms with Gasteiger partial charge in [-0.25, -0.2) is 4.79 Å². The number of nitrogens with one attached hydrogen (secondary N) is 2. The van der Waals surface area contributed by atoms with E-state index in [-0.39, 0.29) is 0 Å². The highest BCUT2D eigenvalue weighted by molar-refractivity contribution is 6.31. The lowest BCUT2D eigenvalue weighted by molar-refractivity contribution is 0.416. The summed E-state index contributed by atoms with van der Waals surface area (Å²) < 4.78 is 5.14. The van der Waals surface area contributed by atoms with Crippen molar-refractivity contribution in [3.8, 4) is 16.9 Å². The summed E-state index contributed by atoms with van der Waals surface area (Å²) in [5.74, 6) is 0.506. The number of rotatable bonds is 2. The van der Waals surface area contributed by atoms with E-state index in [0.717, 1.165) is 0 Å². The predicted octanol–water partition coefficient (Wildman–Crippen LogP) is 1.39. The van der Waals surface area contributed by atoms with Gasteiger partial charge in [-0.05, 0) is 18.2 Å². The van der Waals surface area contributed by atoms with Gasteiger partial charge in [0.1, 0.15) is 5.75 Å². The number of methoxy groups -OCH3 is 1. The Hall–Kier alpha value is -2.01. The van der Waals surface area contributed by atoms with Crippen LogP contribution < -0.4 is 16.0 Å². The molecular weight excluding hydrogens is 244 g/mol. The number of halogens is 1. The molecule has 2 aromatic rings. The van der Waals surface area contributed by atoms with E-state index in [0.29, 0.717) is 21.9 Å². The summed E-state index contributed by atoms with van der Waals surface area (Å²) in [6.07, 6.45) is 1.33. The summed E-state index contributed by atoms with van der Waals surface area (Å²) in [5.41, 5.74) is -0.226. The highest BCUT2D eigenvalue weighted by atomic mass is 35.5. The Kier molecular flexibility index (Phi) is 3.01. The number of aromatic nitrogens is 2. The summed E-state index contributed by atoms with van der Waals surface area (Å²) in [6.45, 7) is 0. The first kappa shape index (κ1) is 11.5. The van der Waals surface area contributed by atoms with Crippen molar-refractivity contribution in [2.75, 3.05) is 7.11 Å². The lowest BCUT2D eigenvalue weighted by Gasteiger charge is -2.07. The van der Waals surface area contributed by atoms with Crippen molar-refractivity contribution < 1.29 is 4.74 Å². The number of aromatic amines is 2. The van der Waals surface area contributed by atoms with E-state index in [1.54, 1.807) is 18.2 Å². The van der Waals surface area contributed by atoms with Gasteiger partial charge in [-0.2, -0.15) is 0 Å². The monoisotopic (exact) mass is 252 g/mol. The first-order chi connectivity index (χ1) is 8.11. The zero-order chi connectivity index (χ0) is 12.4. The van der Waals surface area contributed by atoms with Gasteiger partial charge in [0.25, 0.3) is 5.56 Å². The molecule has 0 radical (unpaired) electrons. The summed E-state index contributed by atoms with van der Waals surface area (Å²) in [4.78, 5) is 27.1. The smallest absolute Gasteiger partial charge is 0.325 e. The molecular formula is C11H9ClN2O3. The summed E-state index contributed by atoms with van der Waals surface area (Å²) in [5, 5.41) is 0.478. The molecule has 0 spiro atoms. The highest BCUT2D eigenvalue weighted by Crippen LogP contribution is 2.29. The zero-order valence-electron chi connectivity index (χ0n) is 8.91. The van der Waals surface area contributed by atoms with Gasteiger partial charge < -0.3 is 9.72 Å². The third kappa shape index (κ3) is 2.24. The molecule has 17 heavy (non-hydrogen) atoms. The third-order valence-electron chi connectivity index (χ3n) is 2.27. The molecule has 0 saturated carbocycles. The fraction of sp³-hybridized carbons (Fsp3) is 0.0909. The van der Waals surface area contributed by atoms with Crippen molar-refractivity contribution in [2.45, 2.75) is 0 Å². The van der Waals surface area contributed by atoms with Crippen molar-refractivity contribution >= 4 is 11.6 Å². The van der Waals surface area contributed by atoms with Crippen LogP contribution in [0.3, 0.4) is 0 Å². The molecule has 0 unspecified atom stereocenters. The van der Waals surface area contributed by atoms with Crippen molar-refractivity contribution in [2.24, 2.45) is 0 Å². The number of H-pyrrole nitrogens is 2. The maximum absolute atomic E-state index is 11.6. The Morgan fingerprint density at radius 3 is 2.65 bits per heavy atom. The second-order valence-electron chi connectivity index (χ2n) is 3.33. The Bertz CT molecular complexity index is 660. The molecule has 0 bridgehead atoms. The molecule has 1 aromatic carbocycles. The number of benzene rings is 1. The number of hydrogen-bond donors (Lipinski definition) is 2. The van der Waals surface area contributed by atoms with Crippen LogP contribution in [-0.4, -0.2) is 17.1 Å². The second kappa shape index (κ2) is 4.47. The minimum atomic E-state index is -0.556. The first-order valence-electron chi connectivity index (χ1n) is 4.77. The van der Waals surface area contributed by atoms with Crippen LogP contribution >= 0.6 is 11.6 Å². The number of ether oxygens (including phenoxy) is 1. The van der Waals surface area contributed by atoms with Crippen LogP contribution in [0.2, 0.25) is 5.02 Å². The molecule has 1 aromatic heterocycles. The van der Waals surface area contributed by atoms with E-state index < -0.39 is 11.2 Å². The van der Waals surface area contributed by atoms with Crippen LogP contribution in [0.4, 0.5) is 0 Å². The van der Waals surface area contributed by atoms with Crippen LogP contribution in [0.25, 0.3) is 11.1 Å². The third-order valence-corrected chi connectivity index (χ3v) is 2.51. The van der Waals surface area contributed by atoms with Gasteiger partial charge in [-0.3, -0.25) is 9.78 Å². The zero-order valence-corrected chi connectivity index (χ0v) is 9.67. The van der Waals surface area contributed by atoms with E-state index >= 15 is 0 Å². The maximum Gasteiger partial charge on any atom is 0.325 e. The van der Waals surface area contributed by atoms with Crippen molar-refractivity contribution in [3.05, 3.63) is 50.3 Å². The molecule has 6 heteroatoms. The molecule has 0 atom stereocenters. The molecule has 88 valence electrons. The molecule has 0 saturated heterocycles. The summed E-state index contributed by atoms with van der Waals surface area (Å²) in [7, 11) is 1.49. The standard InChI is InChI=1S/C11H9ClN2O3/c1-17-9-3-2-6(12)4-7(9)8-5-13-11(16)14-10(8)15/h2-5H,1H3,(H2,13,14,15,16). The first-order valence-corrected chi connectivity index (χ1v) is 5.15. The van der Waals surface area contributed by atoms with Crippen LogP contribution in [-0.2, 0) is 0 Å². The van der Waals surface area contributed by atoms with Gasteiger partial charge in [0.2, 0.25) is 0 Å². The van der Waals surface area contributed by atoms with Gasteiger partial charge in [-0.1, -0.05) is 11.6 Å². The van der Waals surface area contributed by atoms with Gasteiger partial charge in [0.15, 0.2) is 0 Å². The molecule has 5 nitrogen and oxygen atoms in total. The summed E-state index contributed by atoms with van der Waals surface area (Å²) >= 11 is 5.87. The molecule has 2 N–H and O–H groups in total. The van der Waals surface area contributed by atoms with Crippen LogP contribution in [0.15, 0.2) is 34.0 Å². The SMILES string of the molecule is COc1ccc(Cl)cc1-c1c[nH]c(=O)[nH]c1=O. The molecule has 2 rings (SSSR count). The Balaban J connectivity index is 2.71. The van der Waals surface area contributed by atoms with Gasteiger partial charge in [-0.15, -0.1) is 0 Å². The quantitative estimate of drug-likeness (QED) is 0.848. The molecule has 0 aliphatic heterocycles. The molecule has 0 aliphatic rings. The van der Waals surface area contributed by atoms with E-state index in [1.165, 1.54) is 13.3 Å². The second-order valence-corrected chi connectivity index (χ2v) is 3.77. The highest BCUT2D eigenvalue weighted by Gasteiger charge is 2.10. The van der Waals surface area contributed by atoms with E-state index in [9.17, 15) is 9.59 Å². The fourth-order valence-corrected chi connectivity index (χ4v) is 1.67. The Morgan fingerprint density at radius 2 is 2.00 bits per heavy atom. The largest absolute Gasteiger partial charge is 0.496 e. The molecule has 0 amide bonds. The van der Waals surface area contributed by atoms with E-state index in [1.807, 2.05) is 0 Å². The average Bonchev–Trinajstić information content (AvgIpc) is 2.29. The fourth-order valence-electron chi connectivity index (χ4n) is 1.50. The van der Waals surface area contributed by atoms with Crippen molar-refractivity contribution in [1.82, 2.24) is 9.97 Å². The van der Waals surface area contributed by atoms with Gasteiger partial charge in [0.05, 0.1) is 12.7 Å². The molecule has 1 heterocycles. The van der Waals surface area contributed by atoms with E-state index in [2.05, 4.69) is 9.97 Å². The van der Waals surface area contributed by atoms with Gasteiger partial charge in [0, 0.05) is 16.8 Å². The topological polar surface area (TPSA) is 75.0 Å². The van der Waals surface area contributed by atoms with E-state index in [4.69, 9.17) is 16.3 Å². The maximum atomic E-state index is 11.6. The molecule has 0 aliphatic carbocycles. The average molecular weight is 253 g/mol. The van der Waals surface area contributed by atoms with Crippen LogP contribution in [0, 0.1) is 0 Å². The molecule has 0 fully saturated rings. The lowest BCUT2D eigenvalue weighted by atomic mass is 10.1. The predicted molar refractivity (Wildman–Crippen MR) is 64.7 cm³/mol. The van der Waals surface area contributed by atoms with Crippen molar-refractivity contribution in [1.29, 1.82) is 0 Å². The minimum absolute atomic E-state index is 0.295. The Labute approximate surface area is 101 Å². The van der Waals surface area contributed by atoms with Crippen LogP contribution in [0.1, 0.15) is 0 Å². The lowest BCUT2D eigenvalue weighted by Crippen LogP contribution is -2.22. The van der Waals surface area contributed by atoms with Crippen LogP contribution in [0.5, 0.6) is 5.75 Å². The summed E-state index contributed by atoms with van der Waals surface area (Å²) in [6, 6.07) is 4.91. The Morgan fingerprint density at radius 1 is 1.24 bits per heavy atom. The number of hydrogen-bond acceptors (Lipinski definition) is 3. The normalized spacial score (nSPS) is 10.2. The van der Waals surface area contributed by atoms with Crippen molar-refractivity contribution in [3.63, 3.8) is 0 Å². The van der Waals surface area contributed by atoms with Gasteiger partial charge >= 0.3 is 5.69 Å². The minimum Gasteiger partial charge on any atom is -0.496 e.